The lowest BCUT2D eigenvalue weighted by Gasteiger charge is -2.05. The molecule has 0 spiro atoms. The average molecular weight is 428 g/mol. The van der Waals surface area contributed by atoms with E-state index in [1.807, 2.05) is 6.07 Å². The molecule has 1 heterocycles. The Balaban J connectivity index is 1.48. The summed E-state index contributed by atoms with van der Waals surface area (Å²) in [6.45, 7) is 0. The summed E-state index contributed by atoms with van der Waals surface area (Å²) < 4.78 is 5.19. The number of nitrogens with one attached hydrogen (secondary N) is 2. The molecular weight excluding hydrogens is 412 g/mol. The van der Waals surface area contributed by atoms with Gasteiger partial charge in [-0.15, -0.1) is 10.2 Å². The molecule has 8 nitrogen and oxygen atoms in total. The molecule has 0 aliphatic rings. The number of hydrogen-bond acceptors (Lipinski definition) is 8. The van der Waals surface area contributed by atoms with Gasteiger partial charge in [-0.25, -0.2) is 4.79 Å². The molecule has 1 aromatic heterocycles. The molecule has 0 aliphatic carbocycles. The van der Waals surface area contributed by atoms with Crippen molar-refractivity contribution >= 4 is 51.7 Å². The number of ether oxygens (including phenoxy) is 1. The quantitative estimate of drug-likeness (QED) is 0.337. The molecule has 3 rings (SSSR count). The van der Waals surface area contributed by atoms with E-state index in [4.69, 9.17) is 0 Å². The van der Waals surface area contributed by atoms with Crippen molar-refractivity contribution in [1.82, 2.24) is 10.2 Å². The van der Waals surface area contributed by atoms with Crippen LogP contribution in [0.2, 0.25) is 0 Å². The molecule has 0 fully saturated rings. The highest BCUT2D eigenvalue weighted by atomic mass is 32.2. The molecule has 2 amide bonds. The number of anilines is 2. The van der Waals surface area contributed by atoms with Crippen LogP contribution in [-0.2, 0) is 9.53 Å². The van der Waals surface area contributed by atoms with Crippen LogP contribution in [0.3, 0.4) is 0 Å². The van der Waals surface area contributed by atoms with Gasteiger partial charge in [0.05, 0.1) is 18.4 Å². The third kappa shape index (κ3) is 5.87. The van der Waals surface area contributed by atoms with E-state index < -0.39 is 5.97 Å². The molecule has 0 saturated heterocycles. The maximum absolute atomic E-state index is 12.1. The lowest BCUT2D eigenvalue weighted by molar-refractivity contribution is -0.113. The lowest BCUT2D eigenvalue weighted by Crippen LogP contribution is -2.14. The van der Waals surface area contributed by atoms with Crippen molar-refractivity contribution in [1.29, 1.82) is 0 Å². The zero-order valence-corrected chi connectivity index (χ0v) is 16.9. The molecule has 0 saturated carbocycles. The molecule has 2 N–H and O–H groups in total. The van der Waals surface area contributed by atoms with E-state index in [2.05, 4.69) is 25.6 Å². The van der Waals surface area contributed by atoms with Crippen LogP contribution < -0.4 is 10.6 Å². The molecule has 29 heavy (non-hydrogen) atoms. The van der Waals surface area contributed by atoms with E-state index in [9.17, 15) is 14.4 Å². The van der Waals surface area contributed by atoms with E-state index >= 15 is 0 Å². The molecule has 0 aliphatic heterocycles. The first-order valence-corrected chi connectivity index (χ1v) is 10.2. The summed E-state index contributed by atoms with van der Waals surface area (Å²) in [7, 11) is 1.31. The number of amides is 2. The van der Waals surface area contributed by atoms with Gasteiger partial charge in [0.1, 0.15) is 0 Å². The Labute approximate surface area is 174 Å². The van der Waals surface area contributed by atoms with E-state index in [1.54, 1.807) is 48.5 Å². The number of carbonyl (C=O) groups is 3. The van der Waals surface area contributed by atoms with Gasteiger partial charge >= 0.3 is 5.97 Å². The van der Waals surface area contributed by atoms with Crippen molar-refractivity contribution in [3.63, 3.8) is 0 Å². The Hall–Kier alpha value is -3.24. The smallest absolute Gasteiger partial charge is 0.337 e. The zero-order chi connectivity index (χ0) is 20.6. The van der Waals surface area contributed by atoms with Gasteiger partial charge in [0.2, 0.25) is 11.0 Å². The van der Waals surface area contributed by atoms with Crippen LogP contribution in [0.15, 0.2) is 58.9 Å². The van der Waals surface area contributed by atoms with Crippen LogP contribution >= 0.6 is 23.1 Å². The highest BCUT2D eigenvalue weighted by Crippen LogP contribution is 2.26. The Kier molecular flexibility index (Phi) is 6.93. The number of methoxy groups -OCH3 is 1. The third-order valence-electron chi connectivity index (χ3n) is 3.58. The van der Waals surface area contributed by atoms with Crippen LogP contribution in [0, 0.1) is 0 Å². The van der Waals surface area contributed by atoms with E-state index in [1.165, 1.54) is 30.2 Å². The predicted molar refractivity (Wildman–Crippen MR) is 111 cm³/mol. The lowest BCUT2D eigenvalue weighted by atomic mass is 10.2. The van der Waals surface area contributed by atoms with Gasteiger partial charge in [0.15, 0.2) is 4.34 Å². The Morgan fingerprint density at radius 2 is 1.69 bits per heavy atom. The monoisotopic (exact) mass is 428 g/mol. The number of esters is 1. The van der Waals surface area contributed by atoms with Crippen molar-refractivity contribution in [2.45, 2.75) is 4.34 Å². The summed E-state index contributed by atoms with van der Waals surface area (Å²) in [5.74, 6) is -0.817. The summed E-state index contributed by atoms with van der Waals surface area (Å²) in [4.78, 5) is 35.6. The maximum atomic E-state index is 12.1. The maximum Gasteiger partial charge on any atom is 0.337 e. The molecule has 0 unspecified atom stereocenters. The number of carbonyl (C=O) groups excluding carboxylic acids is 3. The first-order valence-electron chi connectivity index (χ1n) is 8.36. The van der Waals surface area contributed by atoms with Gasteiger partial charge in [-0.1, -0.05) is 41.3 Å². The minimum Gasteiger partial charge on any atom is -0.465 e. The standard InChI is InChI=1S/C19H16N4O4S2/c1-27-17(26)13-7-9-14(10-8-13)20-15(24)11-28-19-23-22-18(29-19)21-16(25)12-5-3-2-4-6-12/h2-10H,11H2,1H3,(H,20,24)(H,21,22,25). The van der Waals surface area contributed by atoms with Crippen LogP contribution in [0.5, 0.6) is 0 Å². The van der Waals surface area contributed by atoms with Crippen molar-refractivity contribution < 1.29 is 19.1 Å². The molecule has 0 atom stereocenters. The van der Waals surface area contributed by atoms with Crippen LogP contribution in [0.25, 0.3) is 0 Å². The number of hydrogen-bond donors (Lipinski definition) is 2. The number of nitrogens with zero attached hydrogens (tertiary/aromatic N) is 2. The van der Waals surface area contributed by atoms with Gasteiger partial charge in [0.25, 0.3) is 5.91 Å². The fourth-order valence-corrected chi connectivity index (χ4v) is 3.76. The number of aromatic nitrogens is 2. The highest BCUT2D eigenvalue weighted by Gasteiger charge is 2.12. The molecule has 10 heteroatoms. The predicted octanol–water partition coefficient (Wildman–Crippen LogP) is 3.31. The second-order valence-corrected chi connectivity index (χ2v) is 7.80. The molecule has 2 aromatic carbocycles. The average Bonchev–Trinajstić information content (AvgIpc) is 3.20. The first kappa shape index (κ1) is 20.5. The Morgan fingerprint density at radius 3 is 2.38 bits per heavy atom. The summed E-state index contributed by atoms with van der Waals surface area (Å²) in [5.41, 5.74) is 1.49. The van der Waals surface area contributed by atoms with E-state index in [-0.39, 0.29) is 17.6 Å². The largest absolute Gasteiger partial charge is 0.465 e. The Bertz CT molecular complexity index is 1010. The molecule has 3 aromatic rings. The summed E-state index contributed by atoms with van der Waals surface area (Å²) in [6, 6.07) is 15.2. The van der Waals surface area contributed by atoms with Crippen LogP contribution in [0.1, 0.15) is 20.7 Å². The molecule has 0 bridgehead atoms. The van der Waals surface area contributed by atoms with Crippen LogP contribution in [-0.4, -0.2) is 40.8 Å². The Morgan fingerprint density at radius 1 is 0.966 bits per heavy atom. The van der Waals surface area contributed by atoms with E-state index in [0.29, 0.717) is 26.3 Å². The summed E-state index contributed by atoms with van der Waals surface area (Å²) in [5, 5.41) is 13.7. The van der Waals surface area contributed by atoms with Crippen molar-refractivity contribution in [2.24, 2.45) is 0 Å². The second kappa shape index (κ2) is 9.80. The molecule has 0 radical (unpaired) electrons. The minimum absolute atomic E-state index is 0.125. The topological polar surface area (TPSA) is 110 Å². The fraction of sp³-hybridized carbons (Fsp3) is 0.105. The normalized spacial score (nSPS) is 10.2. The van der Waals surface area contributed by atoms with Gasteiger partial charge in [-0.3, -0.25) is 14.9 Å². The fourth-order valence-electron chi connectivity index (χ4n) is 2.21. The number of rotatable bonds is 7. The van der Waals surface area contributed by atoms with Gasteiger partial charge < -0.3 is 10.1 Å². The number of thioether (sulfide) groups is 1. The zero-order valence-electron chi connectivity index (χ0n) is 15.2. The highest BCUT2D eigenvalue weighted by molar-refractivity contribution is 8.01. The molecular formula is C19H16N4O4S2. The second-order valence-electron chi connectivity index (χ2n) is 5.60. The third-order valence-corrected chi connectivity index (χ3v) is 5.55. The SMILES string of the molecule is COC(=O)c1ccc(NC(=O)CSc2nnc(NC(=O)c3ccccc3)s2)cc1. The van der Waals surface area contributed by atoms with Gasteiger partial charge in [-0.2, -0.15) is 0 Å². The summed E-state index contributed by atoms with van der Waals surface area (Å²) >= 11 is 2.40. The minimum atomic E-state index is -0.440. The van der Waals surface area contributed by atoms with Gasteiger partial charge in [0, 0.05) is 11.3 Å². The number of benzene rings is 2. The van der Waals surface area contributed by atoms with Crippen molar-refractivity contribution in [2.75, 3.05) is 23.5 Å². The van der Waals surface area contributed by atoms with Gasteiger partial charge in [-0.05, 0) is 36.4 Å². The van der Waals surface area contributed by atoms with Crippen molar-refractivity contribution in [3.05, 3.63) is 65.7 Å². The molecule has 148 valence electrons. The van der Waals surface area contributed by atoms with Crippen LogP contribution in [0.4, 0.5) is 10.8 Å². The first-order chi connectivity index (χ1) is 14.0. The van der Waals surface area contributed by atoms with Crippen molar-refractivity contribution in [3.8, 4) is 0 Å². The van der Waals surface area contributed by atoms with E-state index in [0.717, 1.165) is 0 Å². The summed E-state index contributed by atoms with van der Waals surface area (Å²) in [6.07, 6.45) is 0.